The number of esters is 1. The predicted octanol–water partition coefficient (Wildman–Crippen LogP) is 3.48. The van der Waals surface area contributed by atoms with Gasteiger partial charge in [-0.15, -0.1) is 0 Å². The van der Waals surface area contributed by atoms with Crippen molar-refractivity contribution in [1.82, 2.24) is 0 Å². The molecule has 2 aliphatic carbocycles. The molecule has 1 fully saturated rings. The van der Waals surface area contributed by atoms with Gasteiger partial charge in [0, 0.05) is 5.92 Å². The molecule has 1 aromatic carbocycles. The fraction of sp³-hybridized carbons (Fsp3) is 0.353. The van der Waals surface area contributed by atoms with Gasteiger partial charge >= 0.3 is 5.97 Å². The van der Waals surface area contributed by atoms with Crippen molar-refractivity contribution in [1.29, 1.82) is 0 Å². The van der Waals surface area contributed by atoms with Crippen LogP contribution in [0, 0.1) is 5.92 Å². The van der Waals surface area contributed by atoms with Gasteiger partial charge in [0.05, 0.1) is 12.2 Å². The Bertz CT molecular complexity index is 642. The lowest BCUT2D eigenvalue weighted by molar-refractivity contribution is -0.136. The number of carbonyl (C=O) groups excluding carboxylic acids is 1. The molecule has 0 N–H and O–H groups in total. The smallest absolute Gasteiger partial charge is 0.315 e. The molecule has 0 saturated heterocycles. The number of ether oxygens (including phenoxy) is 1. The minimum Gasteiger partial charge on any atom is -0.469 e. The Kier molecular flexibility index (Phi) is 2.66. The van der Waals surface area contributed by atoms with E-state index >= 15 is 0 Å². The third-order valence-corrected chi connectivity index (χ3v) is 4.29. The van der Waals surface area contributed by atoms with Crippen LogP contribution in [0.2, 0.25) is 0 Å². The zero-order valence-electron chi connectivity index (χ0n) is 11.2. The molecule has 4 rings (SSSR count). The van der Waals surface area contributed by atoms with Gasteiger partial charge in [-0.2, -0.15) is 0 Å². The second kappa shape index (κ2) is 4.51. The van der Waals surface area contributed by atoms with Crippen molar-refractivity contribution in [3.8, 4) is 5.75 Å². The van der Waals surface area contributed by atoms with Gasteiger partial charge in [0.25, 0.3) is 0 Å². The van der Waals surface area contributed by atoms with Crippen LogP contribution in [0.25, 0.3) is 0 Å². The third kappa shape index (κ3) is 2.03. The van der Waals surface area contributed by atoms with Crippen LogP contribution in [0.4, 0.5) is 0 Å². The summed E-state index contributed by atoms with van der Waals surface area (Å²) >= 11 is 0. The summed E-state index contributed by atoms with van der Waals surface area (Å²) in [4.78, 5) is 12.1. The number of benzene rings is 1. The van der Waals surface area contributed by atoms with Crippen molar-refractivity contribution in [2.24, 2.45) is 5.92 Å². The Balaban J connectivity index is 1.44. The van der Waals surface area contributed by atoms with E-state index in [-0.39, 0.29) is 17.8 Å². The molecular formula is C17H16O3. The van der Waals surface area contributed by atoms with Crippen LogP contribution in [0.1, 0.15) is 35.6 Å². The predicted molar refractivity (Wildman–Crippen MR) is 73.7 cm³/mol. The molecule has 0 radical (unpaired) electrons. The average molecular weight is 268 g/mol. The van der Waals surface area contributed by atoms with E-state index in [9.17, 15) is 4.79 Å². The number of rotatable bonds is 3. The minimum absolute atomic E-state index is 0.0468. The fourth-order valence-corrected chi connectivity index (χ4v) is 3.08. The maximum absolute atomic E-state index is 12.1. The first-order valence-corrected chi connectivity index (χ1v) is 7.18. The first-order valence-electron chi connectivity index (χ1n) is 7.18. The van der Waals surface area contributed by atoms with E-state index in [2.05, 4.69) is 6.07 Å². The SMILES string of the molecule is O=C(Oc1ccc2c(c1)CCC2)[C@@H]1C[C@H]1c1ccco1. The van der Waals surface area contributed by atoms with Crippen molar-refractivity contribution >= 4 is 5.97 Å². The van der Waals surface area contributed by atoms with Crippen LogP contribution in [0.15, 0.2) is 41.0 Å². The largest absolute Gasteiger partial charge is 0.469 e. The van der Waals surface area contributed by atoms with Gasteiger partial charge in [-0.05, 0) is 61.1 Å². The van der Waals surface area contributed by atoms with Crippen LogP contribution in [-0.2, 0) is 17.6 Å². The first kappa shape index (κ1) is 11.8. The number of furan rings is 1. The van der Waals surface area contributed by atoms with E-state index in [1.807, 2.05) is 24.3 Å². The molecule has 0 amide bonds. The normalized spacial score (nSPS) is 23.4. The fourth-order valence-electron chi connectivity index (χ4n) is 3.08. The summed E-state index contributed by atoms with van der Waals surface area (Å²) in [6, 6.07) is 9.79. The number of carbonyl (C=O) groups is 1. The van der Waals surface area contributed by atoms with Gasteiger partial charge in [0.1, 0.15) is 11.5 Å². The summed E-state index contributed by atoms with van der Waals surface area (Å²) in [5, 5.41) is 0. The van der Waals surface area contributed by atoms with Crippen molar-refractivity contribution < 1.29 is 13.9 Å². The zero-order chi connectivity index (χ0) is 13.5. The molecular weight excluding hydrogens is 252 g/mol. The van der Waals surface area contributed by atoms with Crippen LogP contribution in [0.3, 0.4) is 0 Å². The number of hydrogen-bond donors (Lipinski definition) is 0. The molecule has 1 aromatic heterocycles. The van der Waals surface area contributed by atoms with Crippen molar-refractivity contribution in [2.75, 3.05) is 0 Å². The van der Waals surface area contributed by atoms with Crippen LogP contribution in [-0.4, -0.2) is 5.97 Å². The Morgan fingerprint density at radius 1 is 1.20 bits per heavy atom. The Morgan fingerprint density at radius 3 is 2.95 bits per heavy atom. The number of hydrogen-bond acceptors (Lipinski definition) is 3. The van der Waals surface area contributed by atoms with E-state index in [1.54, 1.807) is 6.26 Å². The van der Waals surface area contributed by atoms with Crippen molar-refractivity contribution in [2.45, 2.75) is 31.6 Å². The molecule has 3 heteroatoms. The van der Waals surface area contributed by atoms with Crippen LogP contribution < -0.4 is 4.74 Å². The lowest BCUT2D eigenvalue weighted by Crippen LogP contribution is -2.11. The van der Waals surface area contributed by atoms with Gasteiger partial charge in [0.2, 0.25) is 0 Å². The van der Waals surface area contributed by atoms with E-state index in [0.717, 1.165) is 25.0 Å². The van der Waals surface area contributed by atoms with Gasteiger partial charge < -0.3 is 9.15 Å². The van der Waals surface area contributed by atoms with Crippen LogP contribution in [0.5, 0.6) is 5.75 Å². The molecule has 20 heavy (non-hydrogen) atoms. The maximum Gasteiger partial charge on any atom is 0.315 e. The molecule has 2 aliphatic rings. The molecule has 3 nitrogen and oxygen atoms in total. The molecule has 0 bridgehead atoms. The molecule has 0 aliphatic heterocycles. The minimum atomic E-state index is -0.135. The summed E-state index contributed by atoms with van der Waals surface area (Å²) in [5.74, 6) is 1.59. The van der Waals surface area contributed by atoms with Gasteiger partial charge in [-0.25, -0.2) is 0 Å². The molecule has 0 spiro atoms. The first-order chi connectivity index (χ1) is 9.81. The second-order valence-electron chi connectivity index (χ2n) is 5.67. The quantitative estimate of drug-likeness (QED) is 0.632. The Morgan fingerprint density at radius 2 is 2.10 bits per heavy atom. The van der Waals surface area contributed by atoms with Gasteiger partial charge in [-0.3, -0.25) is 4.79 Å². The number of aryl methyl sites for hydroxylation is 2. The monoisotopic (exact) mass is 268 g/mol. The summed E-state index contributed by atoms with van der Waals surface area (Å²) in [6.07, 6.45) is 5.93. The second-order valence-corrected chi connectivity index (χ2v) is 5.67. The van der Waals surface area contributed by atoms with E-state index < -0.39 is 0 Å². The lowest BCUT2D eigenvalue weighted by atomic mass is 10.1. The number of fused-ring (bicyclic) bond motifs is 1. The molecule has 102 valence electrons. The van der Waals surface area contributed by atoms with Gasteiger partial charge in [-0.1, -0.05) is 6.07 Å². The highest BCUT2D eigenvalue weighted by Gasteiger charge is 2.47. The summed E-state index contributed by atoms with van der Waals surface area (Å²) in [5.41, 5.74) is 2.72. The van der Waals surface area contributed by atoms with E-state index in [1.165, 1.54) is 17.5 Å². The summed E-state index contributed by atoms with van der Waals surface area (Å²) in [6.45, 7) is 0. The summed E-state index contributed by atoms with van der Waals surface area (Å²) in [7, 11) is 0. The molecule has 2 aromatic rings. The van der Waals surface area contributed by atoms with E-state index in [4.69, 9.17) is 9.15 Å². The maximum atomic E-state index is 12.1. The molecule has 0 unspecified atom stereocenters. The Hall–Kier alpha value is -2.03. The topological polar surface area (TPSA) is 39.4 Å². The molecule has 2 atom stereocenters. The summed E-state index contributed by atoms with van der Waals surface area (Å²) < 4.78 is 10.9. The Labute approximate surface area is 117 Å². The van der Waals surface area contributed by atoms with Crippen molar-refractivity contribution in [3.05, 3.63) is 53.5 Å². The standard InChI is InChI=1S/C17H16O3/c18-17(15-10-14(15)16-5-2-8-19-16)20-13-7-6-11-3-1-4-12(11)9-13/h2,5-9,14-15H,1,3-4,10H2/t14-,15-/m1/s1. The van der Waals surface area contributed by atoms with Crippen molar-refractivity contribution in [3.63, 3.8) is 0 Å². The highest BCUT2D eigenvalue weighted by molar-refractivity contribution is 5.79. The van der Waals surface area contributed by atoms with E-state index in [0.29, 0.717) is 5.75 Å². The molecule has 1 saturated carbocycles. The van der Waals surface area contributed by atoms with Gasteiger partial charge in [0.15, 0.2) is 0 Å². The third-order valence-electron chi connectivity index (χ3n) is 4.29. The average Bonchev–Trinajstić information content (AvgIpc) is 2.89. The molecule has 1 heterocycles. The highest BCUT2D eigenvalue weighted by atomic mass is 16.5. The zero-order valence-corrected chi connectivity index (χ0v) is 11.2. The lowest BCUT2D eigenvalue weighted by Gasteiger charge is -2.06. The highest BCUT2D eigenvalue weighted by Crippen LogP contribution is 2.48. The van der Waals surface area contributed by atoms with Crippen LogP contribution >= 0.6 is 0 Å².